The Bertz CT molecular complexity index is 761. The molecule has 0 aliphatic carbocycles. The van der Waals surface area contributed by atoms with Crippen molar-refractivity contribution in [1.29, 1.82) is 0 Å². The van der Waals surface area contributed by atoms with Crippen LogP contribution in [0, 0.1) is 0 Å². The number of carbonyl (C=O) groups is 2. The summed E-state index contributed by atoms with van der Waals surface area (Å²) in [5, 5.41) is 3.38. The molecule has 0 aliphatic heterocycles. The normalized spacial score (nSPS) is 10.4. The standard InChI is InChI=1S/C19H20Cl2N2O2/c1-3-4-12-23(2)19(25)14-10-8-13(9-11-14)18(24)22-16-7-5-6-15(20)17(16)21/h5-11H,3-4,12H2,1-2H3,(H,22,24). The fourth-order valence-corrected chi connectivity index (χ4v) is 2.62. The molecule has 0 aromatic heterocycles. The number of nitrogens with zero attached hydrogens (tertiary/aromatic N) is 1. The number of benzene rings is 2. The van der Waals surface area contributed by atoms with E-state index >= 15 is 0 Å². The highest BCUT2D eigenvalue weighted by atomic mass is 35.5. The van der Waals surface area contributed by atoms with E-state index in [1.54, 1.807) is 54.4 Å². The van der Waals surface area contributed by atoms with Gasteiger partial charge in [0.15, 0.2) is 0 Å². The van der Waals surface area contributed by atoms with Gasteiger partial charge in [-0.3, -0.25) is 9.59 Å². The van der Waals surface area contributed by atoms with Gasteiger partial charge in [-0.2, -0.15) is 0 Å². The lowest BCUT2D eigenvalue weighted by atomic mass is 10.1. The third-order valence-electron chi connectivity index (χ3n) is 3.79. The van der Waals surface area contributed by atoms with Gasteiger partial charge in [0.25, 0.3) is 11.8 Å². The van der Waals surface area contributed by atoms with Gasteiger partial charge in [0.2, 0.25) is 0 Å². The maximum absolute atomic E-state index is 12.3. The number of amides is 2. The maximum atomic E-state index is 12.3. The summed E-state index contributed by atoms with van der Waals surface area (Å²) in [5.41, 5.74) is 1.43. The van der Waals surface area contributed by atoms with Gasteiger partial charge in [0.05, 0.1) is 15.7 Å². The predicted octanol–water partition coefficient (Wildman–Crippen LogP) is 5.12. The predicted molar refractivity (Wildman–Crippen MR) is 103 cm³/mol. The molecule has 0 bridgehead atoms. The first-order valence-corrected chi connectivity index (χ1v) is 8.80. The van der Waals surface area contributed by atoms with E-state index in [4.69, 9.17) is 23.2 Å². The Morgan fingerprint density at radius 1 is 1.04 bits per heavy atom. The molecule has 2 rings (SSSR count). The van der Waals surface area contributed by atoms with E-state index in [1.165, 1.54) is 0 Å². The molecule has 25 heavy (non-hydrogen) atoms. The van der Waals surface area contributed by atoms with Gasteiger partial charge >= 0.3 is 0 Å². The van der Waals surface area contributed by atoms with Crippen molar-refractivity contribution in [2.75, 3.05) is 18.9 Å². The molecule has 0 radical (unpaired) electrons. The van der Waals surface area contributed by atoms with Crippen LogP contribution in [0.1, 0.15) is 40.5 Å². The molecule has 0 heterocycles. The van der Waals surface area contributed by atoms with Crippen LogP contribution in [0.4, 0.5) is 5.69 Å². The van der Waals surface area contributed by atoms with E-state index in [-0.39, 0.29) is 11.8 Å². The van der Waals surface area contributed by atoms with Crippen LogP contribution in [0.2, 0.25) is 10.0 Å². The number of anilines is 1. The fraction of sp³-hybridized carbons (Fsp3) is 0.263. The van der Waals surface area contributed by atoms with Crippen LogP contribution in [0.3, 0.4) is 0 Å². The minimum absolute atomic E-state index is 0.0571. The van der Waals surface area contributed by atoms with Crippen molar-refractivity contribution < 1.29 is 9.59 Å². The number of nitrogens with one attached hydrogen (secondary N) is 1. The second kappa shape index (κ2) is 8.88. The van der Waals surface area contributed by atoms with Crippen LogP contribution in [-0.4, -0.2) is 30.3 Å². The Morgan fingerprint density at radius 3 is 2.32 bits per heavy atom. The second-order valence-electron chi connectivity index (χ2n) is 5.71. The molecular formula is C19H20Cl2N2O2. The first kappa shape index (κ1) is 19.3. The van der Waals surface area contributed by atoms with Crippen LogP contribution < -0.4 is 5.32 Å². The summed E-state index contributed by atoms with van der Waals surface area (Å²) in [6.45, 7) is 2.79. The number of rotatable bonds is 6. The average molecular weight is 379 g/mol. The Morgan fingerprint density at radius 2 is 1.68 bits per heavy atom. The highest BCUT2D eigenvalue weighted by Gasteiger charge is 2.14. The zero-order valence-electron chi connectivity index (χ0n) is 14.2. The Hall–Kier alpha value is -2.04. The second-order valence-corrected chi connectivity index (χ2v) is 6.50. The summed E-state index contributed by atoms with van der Waals surface area (Å²) in [6.07, 6.45) is 1.99. The van der Waals surface area contributed by atoms with Gasteiger partial charge in [-0.15, -0.1) is 0 Å². The molecular weight excluding hydrogens is 359 g/mol. The molecule has 1 N–H and O–H groups in total. The summed E-state index contributed by atoms with van der Waals surface area (Å²) < 4.78 is 0. The van der Waals surface area contributed by atoms with Crippen LogP contribution >= 0.6 is 23.2 Å². The summed E-state index contributed by atoms with van der Waals surface area (Å²) in [4.78, 5) is 26.3. The Kier molecular flexibility index (Phi) is 6.85. The SMILES string of the molecule is CCCCN(C)C(=O)c1ccc(C(=O)Nc2cccc(Cl)c2Cl)cc1. The van der Waals surface area contributed by atoms with Gasteiger partial charge in [-0.25, -0.2) is 0 Å². The highest BCUT2D eigenvalue weighted by Crippen LogP contribution is 2.29. The molecule has 0 aliphatic rings. The van der Waals surface area contributed by atoms with Crippen molar-refractivity contribution in [1.82, 2.24) is 4.90 Å². The lowest BCUT2D eigenvalue weighted by Gasteiger charge is -2.16. The molecule has 2 amide bonds. The quantitative estimate of drug-likeness (QED) is 0.758. The molecule has 132 valence electrons. The molecule has 0 saturated heterocycles. The number of hydrogen-bond donors (Lipinski definition) is 1. The minimum Gasteiger partial charge on any atom is -0.342 e. The molecule has 0 fully saturated rings. The maximum Gasteiger partial charge on any atom is 0.255 e. The molecule has 0 unspecified atom stereocenters. The van der Waals surface area contributed by atoms with E-state index in [9.17, 15) is 9.59 Å². The topological polar surface area (TPSA) is 49.4 Å². The number of unbranched alkanes of at least 4 members (excludes halogenated alkanes) is 1. The van der Waals surface area contributed by atoms with E-state index in [0.29, 0.717) is 33.4 Å². The zero-order valence-corrected chi connectivity index (χ0v) is 15.7. The third kappa shape index (κ3) is 4.97. The summed E-state index contributed by atoms with van der Waals surface area (Å²) in [7, 11) is 1.78. The van der Waals surface area contributed by atoms with Crippen LogP contribution in [-0.2, 0) is 0 Å². The number of carbonyl (C=O) groups excluding carboxylic acids is 2. The molecule has 4 nitrogen and oxygen atoms in total. The Balaban J connectivity index is 2.07. The molecule has 0 spiro atoms. The minimum atomic E-state index is -0.317. The van der Waals surface area contributed by atoms with Gasteiger partial charge in [-0.1, -0.05) is 42.6 Å². The van der Waals surface area contributed by atoms with Gasteiger partial charge in [0, 0.05) is 24.7 Å². The fourth-order valence-electron chi connectivity index (χ4n) is 2.28. The third-order valence-corrected chi connectivity index (χ3v) is 4.61. The van der Waals surface area contributed by atoms with Gasteiger partial charge < -0.3 is 10.2 Å². The largest absolute Gasteiger partial charge is 0.342 e. The van der Waals surface area contributed by atoms with Crippen LogP contribution in [0.15, 0.2) is 42.5 Å². The van der Waals surface area contributed by atoms with E-state index in [2.05, 4.69) is 12.2 Å². The summed E-state index contributed by atoms with van der Waals surface area (Å²) in [6, 6.07) is 11.6. The smallest absolute Gasteiger partial charge is 0.255 e. The van der Waals surface area contributed by atoms with E-state index < -0.39 is 0 Å². The lowest BCUT2D eigenvalue weighted by Crippen LogP contribution is -2.27. The van der Waals surface area contributed by atoms with Gasteiger partial charge in [-0.05, 0) is 42.8 Å². The number of halogens is 2. The molecule has 0 atom stereocenters. The zero-order chi connectivity index (χ0) is 18.4. The summed E-state index contributed by atoms with van der Waals surface area (Å²) >= 11 is 12.0. The first-order chi connectivity index (χ1) is 11.9. The highest BCUT2D eigenvalue weighted by molar-refractivity contribution is 6.44. The van der Waals surface area contributed by atoms with E-state index in [0.717, 1.165) is 12.8 Å². The number of hydrogen-bond acceptors (Lipinski definition) is 2. The van der Waals surface area contributed by atoms with Crippen LogP contribution in [0.25, 0.3) is 0 Å². The molecule has 6 heteroatoms. The summed E-state index contributed by atoms with van der Waals surface area (Å²) in [5.74, 6) is -0.374. The van der Waals surface area contributed by atoms with Crippen molar-refractivity contribution in [2.45, 2.75) is 19.8 Å². The Labute approximate surface area is 157 Å². The van der Waals surface area contributed by atoms with Crippen molar-refractivity contribution in [3.8, 4) is 0 Å². The van der Waals surface area contributed by atoms with Crippen molar-refractivity contribution >= 4 is 40.7 Å². The van der Waals surface area contributed by atoms with E-state index in [1.807, 2.05) is 0 Å². The van der Waals surface area contributed by atoms with Crippen molar-refractivity contribution in [2.24, 2.45) is 0 Å². The lowest BCUT2D eigenvalue weighted by molar-refractivity contribution is 0.0792. The monoisotopic (exact) mass is 378 g/mol. The average Bonchev–Trinajstić information content (AvgIpc) is 2.63. The molecule has 0 saturated carbocycles. The van der Waals surface area contributed by atoms with Crippen molar-refractivity contribution in [3.63, 3.8) is 0 Å². The molecule has 2 aromatic rings. The van der Waals surface area contributed by atoms with Gasteiger partial charge in [0.1, 0.15) is 0 Å². The van der Waals surface area contributed by atoms with Crippen molar-refractivity contribution in [3.05, 3.63) is 63.6 Å². The molecule has 2 aromatic carbocycles. The first-order valence-electron chi connectivity index (χ1n) is 8.05. The van der Waals surface area contributed by atoms with Crippen LogP contribution in [0.5, 0.6) is 0 Å².